The number of unbranched alkanes of at least 4 members (excludes halogenated alkanes) is 3. The van der Waals surface area contributed by atoms with Crippen molar-refractivity contribution in [3.63, 3.8) is 0 Å². The molecule has 0 rings (SSSR count). The van der Waals surface area contributed by atoms with Crippen LogP contribution in [0.1, 0.15) is 58.3 Å². The molecule has 0 radical (unpaired) electrons. The topological polar surface area (TPSA) is 37.3 Å². The molecule has 0 heterocycles. The van der Waals surface area contributed by atoms with E-state index in [0.717, 1.165) is 51.0 Å². The van der Waals surface area contributed by atoms with E-state index in [2.05, 4.69) is 55.5 Å². The maximum absolute atomic E-state index is 10.2. The van der Waals surface area contributed by atoms with Gasteiger partial charge in [-0.05, 0) is 51.4 Å². The molecule has 0 amide bonds. The minimum absolute atomic E-state index is 0.904. The highest BCUT2D eigenvalue weighted by Gasteiger charge is 1.84. The van der Waals surface area contributed by atoms with Gasteiger partial charge in [-0.3, -0.25) is 0 Å². The molecule has 0 atom stereocenters. The van der Waals surface area contributed by atoms with Crippen molar-refractivity contribution in [2.75, 3.05) is 0 Å². The lowest BCUT2D eigenvalue weighted by atomic mass is 10.1. The van der Waals surface area contributed by atoms with E-state index in [1.807, 2.05) is 6.08 Å². The zero-order chi connectivity index (χ0) is 17.7. The van der Waals surface area contributed by atoms with Gasteiger partial charge in [-0.2, -0.15) is 0 Å². The molecule has 0 saturated carbocycles. The smallest absolute Gasteiger partial charge is 0.328 e. The summed E-state index contributed by atoms with van der Waals surface area (Å²) in [4.78, 5) is 10.2. The molecule has 0 aromatic carbocycles. The fourth-order valence-corrected chi connectivity index (χ4v) is 1.93. The molecule has 0 fully saturated rings. The highest BCUT2D eigenvalue weighted by molar-refractivity contribution is 5.80. The van der Waals surface area contributed by atoms with Crippen LogP contribution in [0.2, 0.25) is 0 Å². The van der Waals surface area contributed by atoms with Crippen LogP contribution >= 0.6 is 0 Å². The fraction of sp³-hybridized carbons (Fsp3) is 0.409. The van der Waals surface area contributed by atoms with Crippen molar-refractivity contribution in [2.24, 2.45) is 0 Å². The molecule has 2 nitrogen and oxygen atoms in total. The predicted octanol–water partition coefficient (Wildman–Crippen LogP) is 6.55. The van der Waals surface area contributed by atoms with E-state index in [1.54, 1.807) is 12.2 Å². The van der Waals surface area contributed by atoms with E-state index in [1.165, 1.54) is 6.42 Å². The second-order valence-corrected chi connectivity index (χ2v) is 5.41. The van der Waals surface area contributed by atoms with Gasteiger partial charge in [0.05, 0.1) is 0 Å². The Morgan fingerprint density at radius 3 is 1.75 bits per heavy atom. The highest BCUT2D eigenvalue weighted by Crippen LogP contribution is 2.02. The minimum atomic E-state index is -0.904. The van der Waals surface area contributed by atoms with Crippen LogP contribution < -0.4 is 0 Å². The number of carboxylic acids is 1. The van der Waals surface area contributed by atoms with Crippen molar-refractivity contribution < 1.29 is 9.90 Å². The van der Waals surface area contributed by atoms with Crippen molar-refractivity contribution >= 4 is 5.97 Å². The summed E-state index contributed by atoms with van der Waals surface area (Å²) in [6.45, 7) is 2.15. The van der Waals surface area contributed by atoms with E-state index in [9.17, 15) is 4.79 Å². The van der Waals surface area contributed by atoms with Crippen molar-refractivity contribution in [1.82, 2.24) is 0 Å². The Morgan fingerprint density at radius 2 is 1.21 bits per heavy atom. The van der Waals surface area contributed by atoms with Gasteiger partial charge in [-0.25, -0.2) is 4.79 Å². The average molecular weight is 328 g/mol. The highest BCUT2D eigenvalue weighted by atomic mass is 16.4. The monoisotopic (exact) mass is 328 g/mol. The summed E-state index contributed by atoms with van der Waals surface area (Å²) < 4.78 is 0. The lowest BCUT2D eigenvalue weighted by molar-refractivity contribution is -0.131. The summed E-state index contributed by atoms with van der Waals surface area (Å²) in [5.74, 6) is -0.904. The van der Waals surface area contributed by atoms with Gasteiger partial charge in [0, 0.05) is 6.08 Å². The third kappa shape index (κ3) is 19.9. The first-order valence-electron chi connectivity index (χ1n) is 8.93. The van der Waals surface area contributed by atoms with Crippen LogP contribution in [-0.2, 0) is 4.79 Å². The molecule has 132 valence electrons. The molecule has 0 unspecified atom stereocenters. The van der Waals surface area contributed by atoms with E-state index in [0.29, 0.717) is 0 Å². The number of carboxylic acid groups (broad SMARTS) is 1. The van der Waals surface area contributed by atoms with Crippen LogP contribution in [0.3, 0.4) is 0 Å². The Morgan fingerprint density at radius 1 is 0.708 bits per heavy atom. The molecule has 0 aliphatic rings. The van der Waals surface area contributed by atoms with Crippen LogP contribution in [0.4, 0.5) is 0 Å². The van der Waals surface area contributed by atoms with Gasteiger partial charge >= 0.3 is 5.97 Å². The number of allylic oxidation sites excluding steroid dienone is 11. The van der Waals surface area contributed by atoms with Gasteiger partial charge < -0.3 is 5.11 Å². The van der Waals surface area contributed by atoms with Crippen molar-refractivity contribution in [3.8, 4) is 0 Å². The maximum atomic E-state index is 10.2. The SMILES string of the molecule is CC/C=C\C/C=C\C/C=C\C/C=C\CCCCC=CC=CC(=O)O. The molecule has 0 aliphatic carbocycles. The molecule has 24 heavy (non-hydrogen) atoms. The van der Waals surface area contributed by atoms with E-state index in [-0.39, 0.29) is 0 Å². The zero-order valence-electron chi connectivity index (χ0n) is 14.9. The van der Waals surface area contributed by atoms with Crippen LogP contribution in [0, 0.1) is 0 Å². The quantitative estimate of drug-likeness (QED) is 0.170. The number of carbonyl (C=O) groups is 1. The van der Waals surface area contributed by atoms with Gasteiger partial charge in [0.25, 0.3) is 0 Å². The van der Waals surface area contributed by atoms with Crippen molar-refractivity contribution in [3.05, 3.63) is 72.9 Å². The Hall–Kier alpha value is -2.09. The first kappa shape index (κ1) is 21.9. The molecular weight excluding hydrogens is 296 g/mol. The normalized spacial score (nSPS) is 13.0. The number of hydrogen-bond acceptors (Lipinski definition) is 1. The molecular formula is C22H32O2. The van der Waals surface area contributed by atoms with E-state index in [4.69, 9.17) is 5.11 Å². The standard InChI is InChI=1S/C22H32O2/c1-2-3-4-5-6-7-8-9-10-11-12-13-14-15-16-17-18-19-20-21-22(23)24/h3-4,6-7,9-10,12-13,18-21H,2,5,8,11,14-17H2,1H3,(H,23,24)/b4-3-,7-6-,10-9-,13-12-,19-18?,21-20?. The molecule has 0 spiro atoms. The van der Waals surface area contributed by atoms with Gasteiger partial charge in [-0.1, -0.05) is 73.8 Å². The summed E-state index contributed by atoms with van der Waals surface area (Å²) in [5, 5.41) is 8.42. The Kier molecular flexibility index (Phi) is 17.3. The molecule has 0 bridgehead atoms. The van der Waals surface area contributed by atoms with Crippen LogP contribution in [0.15, 0.2) is 72.9 Å². The Labute approximate surface area is 147 Å². The fourth-order valence-electron chi connectivity index (χ4n) is 1.93. The first-order valence-corrected chi connectivity index (χ1v) is 8.93. The van der Waals surface area contributed by atoms with Crippen LogP contribution in [-0.4, -0.2) is 11.1 Å². The third-order valence-electron chi connectivity index (χ3n) is 3.20. The Bertz CT molecular complexity index is 462. The van der Waals surface area contributed by atoms with Crippen LogP contribution in [0.5, 0.6) is 0 Å². The van der Waals surface area contributed by atoms with Crippen LogP contribution in [0.25, 0.3) is 0 Å². The third-order valence-corrected chi connectivity index (χ3v) is 3.20. The van der Waals surface area contributed by atoms with Crippen molar-refractivity contribution in [1.29, 1.82) is 0 Å². The summed E-state index contributed by atoms with van der Waals surface area (Å²) >= 11 is 0. The molecule has 0 aromatic rings. The first-order chi connectivity index (χ1) is 11.8. The lowest BCUT2D eigenvalue weighted by Gasteiger charge is -1.92. The summed E-state index contributed by atoms with van der Waals surface area (Å²) in [7, 11) is 0. The molecule has 0 aliphatic heterocycles. The zero-order valence-corrected chi connectivity index (χ0v) is 14.9. The maximum Gasteiger partial charge on any atom is 0.328 e. The second-order valence-electron chi connectivity index (χ2n) is 5.41. The van der Waals surface area contributed by atoms with Gasteiger partial charge in [0.1, 0.15) is 0 Å². The van der Waals surface area contributed by atoms with Crippen molar-refractivity contribution in [2.45, 2.75) is 58.3 Å². The largest absolute Gasteiger partial charge is 0.478 e. The number of hydrogen-bond donors (Lipinski definition) is 1. The van der Waals surface area contributed by atoms with Gasteiger partial charge in [0.2, 0.25) is 0 Å². The molecule has 0 saturated heterocycles. The summed E-state index contributed by atoms with van der Waals surface area (Å²) in [6.07, 6.45) is 32.8. The number of aliphatic carboxylic acids is 1. The summed E-state index contributed by atoms with van der Waals surface area (Å²) in [6, 6.07) is 0. The molecule has 1 N–H and O–H groups in total. The minimum Gasteiger partial charge on any atom is -0.478 e. The summed E-state index contributed by atoms with van der Waals surface area (Å²) in [5.41, 5.74) is 0. The van der Waals surface area contributed by atoms with E-state index >= 15 is 0 Å². The van der Waals surface area contributed by atoms with Gasteiger partial charge in [0.15, 0.2) is 0 Å². The molecule has 0 aromatic heterocycles. The van der Waals surface area contributed by atoms with E-state index < -0.39 is 5.97 Å². The second kappa shape index (κ2) is 19.0. The number of rotatable bonds is 14. The predicted molar refractivity (Wildman–Crippen MR) is 105 cm³/mol. The average Bonchev–Trinajstić information content (AvgIpc) is 2.56. The van der Waals surface area contributed by atoms with Gasteiger partial charge in [-0.15, -0.1) is 0 Å². The molecule has 2 heteroatoms. The Balaban J connectivity index is 3.45. The lowest BCUT2D eigenvalue weighted by Crippen LogP contribution is -1.84.